The van der Waals surface area contributed by atoms with E-state index < -0.39 is 12.0 Å². The molecule has 2 bridgehead atoms. The van der Waals surface area contributed by atoms with Gasteiger partial charge in [0, 0.05) is 12.5 Å². The number of fused-ring (bicyclic) bond motifs is 2. The fraction of sp³-hybridized carbons (Fsp3) is 1.00. The van der Waals surface area contributed by atoms with Crippen LogP contribution in [0.2, 0.25) is 0 Å². The van der Waals surface area contributed by atoms with Crippen molar-refractivity contribution in [3.05, 3.63) is 0 Å². The fourth-order valence-corrected chi connectivity index (χ4v) is 1.54. The maximum atomic E-state index is 12.8. The van der Waals surface area contributed by atoms with Gasteiger partial charge in [0.25, 0.3) is 5.92 Å². The monoisotopic (exact) mass is 149 g/mol. The van der Waals surface area contributed by atoms with Crippen molar-refractivity contribution in [3.8, 4) is 0 Å². The van der Waals surface area contributed by atoms with Crippen LogP contribution in [0.5, 0.6) is 0 Å². The van der Waals surface area contributed by atoms with Crippen molar-refractivity contribution in [2.24, 2.45) is 0 Å². The van der Waals surface area contributed by atoms with E-state index in [1.54, 1.807) is 0 Å². The molecule has 2 unspecified atom stereocenters. The van der Waals surface area contributed by atoms with Gasteiger partial charge in [-0.15, -0.1) is 0 Å². The maximum absolute atomic E-state index is 12.8. The zero-order chi connectivity index (χ0) is 7.19. The molecule has 0 amide bonds. The Morgan fingerprint density at radius 3 is 2.80 bits per heavy atom. The molecule has 0 saturated carbocycles. The molecule has 2 atom stereocenters. The summed E-state index contributed by atoms with van der Waals surface area (Å²) in [5.41, 5.74) is 0. The minimum atomic E-state index is -2.54. The Hall–Kier alpha value is -0.220. The summed E-state index contributed by atoms with van der Waals surface area (Å²) in [7, 11) is 0. The van der Waals surface area contributed by atoms with Crippen LogP contribution in [0.1, 0.15) is 6.42 Å². The summed E-state index contributed by atoms with van der Waals surface area (Å²) in [6.07, 6.45) is -0.0579. The highest BCUT2D eigenvalue weighted by Gasteiger charge is 2.50. The molecular formula is C6H9F2NO. The summed E-state index contributed by atoms with van der Waals surface area (Å²) in [6, 6.07) is -0.847. The summed E-state index contributed by atoms with van der Waals surface area (Å²) < 4.78 is 30.5. The van der Waals surface area contributed by atoms with Crippen LogP contribution in [0.15, 0.2) is 0 Å². The smallest absolute Gasteiger partial charge is 0.266 e. The van der Waals surface area contributed by atoms with E-state index in [4.69, 9.17) is 4.74 Å². The van der Waals surface area contributed by atoms with Gasteiger partial charge < -0.3 is 10.1 Å². The first-order valence-electron chi connectivity index (χ1n) is 3.40. The highest BCUT2D eigenvalue weighted by molar-refractivity contribution is 4.98. The highest BCUT2D eigenvalue weighted by Crippen LogP contribution is 2.33. The van der Waals surface area contributed by atoms with Crippen LogP contribution >= 0.6 is 0 Å². The lowest BCUT2D eigenvalue weighted by atomic mass is 10.1. The second-order valence-corrected chi connectivity index (χ2v) is 2.92. The molecule has 2 aliphatic rings. The number of halogens is 2. The largest absolute Gasteiger partial charge is 0.378 e. The van der Waals surface area contributed by atoms with Gasteiger partial charge in [0.1, 0.15) is 0 Å². The third-order valence-corrected chi connectivity index (χ3v) is 2.07. The van der Waals surface area contributed by atoms with E-state index in [-0.39, 0.29) is 19.1 Å². The van der Waals surface area contributed by atoms with Gasteiger partial charge in [-0.1, -0.05) is 0 Å². The van der Waals surface area contributed by atoms with Crippen LogP contribution in [0.25, 0.3) is 0 Å². The van der Waals surface area contributed by atoms with Crippen molar-refractivity contribution in [2.75, 3.05) is 13.2 Å². The predicted octanol–water partition coefficient (Wildman–Crippen LogP) is 0.382. The summed E-state index contributed by atoms with van der Waals surface area (Å²) in [6.45, 7) is 0.593. The number of hydrogen-bond acceptors (Lipinski definition) is 2. The third kappa shape index (κ3) is 0.828. The van der Waals surface area contributed by atoms with E-state index in [0.717, 1.165) is 0 Å². The average molecular weight is 149 g/mol. The van der Waals surface area contributed by atoms with E-state index in [0.29, 0.717) is 6.61 Å². The molecule has 2 aliphatic heterocycles. The van der Waals surface area contributed by atoms with E-state index >= 15 is 0 Å². The van der Waals surface area contributed by atoms with E-state index in [9.17, 15) is 8.78 Å². The molecule has 2 rings (SSSR count). The molecule has 58 valence electrons. The standard InChI is InChI=1S/C6H9F2NO/c7-6(8)1-4-2-10-3-5(6)9-4/h4-5,9H,1-3H2. The minimum absolute atomic E-state index is 0.0579. The molecule has 2 fully saturated rings. The molecule has 2 saturated heterocycles. The quantitative estimate of drug-likeness (QED) is 0.537. The van der Waals surface area contributed by atoms with Gasteiger partial charge in [-0.2, -0.15) is 0 Å². The Bertz CT molecular complexity index is 151. The lowest BCUT2D eigenvalue weighted by Crippen LogP contribution is -2.45. The van der Waals surface area contributed by atoms with Crippen molar-refractivity contribution >= 4 is 0 Å². The number of rotatable bonds is 0. The molecule has 0 aromatic heterocycles. The predicted molar refractivity (Wildman–Crippen MR) is 31.1 cm³/mol. The van der Waals surface area contributed by atoms with Crippen LogP contribution in [0.4, 0.5) is 8.78 Å². The van der Waals surface area contributed by atoms with Gasteiger partial charge in [0.05, 0.1) is 19.3 Å². The summed E-state index contributed by atoms with van der Waals surface area (Å²) >= 11 is 0. The Labute approximate surface area is 57.5 Å². The average Bonchev–Trinajstić information content (AvgIpc) is 2.04. The van der Waals surface area contributed by atoms with Crippen molar-refractivity contribution in [1.82, 2.24) is 5.32 Å². The van der Waals surface area contributed by atoms with Gasteiger partial charge in [-0.25, -0.2) is 8.78 Å². The zero-order valence-electron chi connectivity index (χ0n) is 5.44. The number of morpholine rings is 1. The Kier molecular flexibility index (Phi) is 1.22. The summed E-state index contributed by atoms with van der Waals surface area (Å²) in [4.78, 5) is 0. The fourth-order valence-electron chi connectivity index (χ4n) is 1.54. The lowest BCUT2D eigenvalue weighted by Gasteiger charge is -2.21. The van der Waals surface area contributed by atoms with Crippen molar-refractivity contribution < 1.29 is 13.5 Å². The molecule has 0 radical (unpaired) electrons. The third-order valence-electron chi connectivity index (χ3n) is 2.07. The highest BCUT2D eigenvalue weighted by atomic mass is 19.3. The summed E-state index contributed by atoms with van der Waals surface area (Å²) in [5, 5.41) is 2.81. The van der Waals surface area contributed by atoms with Crippen molar-refractivity contribution in [3.63, 3.8) is 0 Å². The Balaban J connectivity index is 2.15. The molecule has 0 aromatic carbocycles. The number of alkyl halides is 2. The van der Waals surface area contributed by atoms with E-state index in [1.165, 1.54) is 0 Å². The second kappa shape index (κ2) is 1.89. The molecule has 1 N–H and O–H groups in total. The molecule has 2 heterocycles. The first-order valence-corrected chi connectivity index (χ1v) is 3.40. The van der Waals surface area contributed by atoms with Crippen LogP contribution in [0.3, 0.4) is 0 Å². The topological polar surface area (TPSA) is 21.3 Å². The van der Waals surface area contributed by atoms with Crippen molar-refractivity contribution in [2.45, 2.75) is 24.4 Å². The van der Waals surface area contributed by atoms with Gasteiger partial charge in [0.2, 0.25) is 0 Å². The van der Waals surface area contributed by atoms with E-state index in [1.807, 2.05) is 0 Å². The van der Waals surface area contributed by atoms with Gasteiger partial charge in [-0.3, -0.25) is 0 Å². The molecule has 4 heteroatoms. The van der Waals surface area contributed by atoms with E-state index in [2.05, 4.69) is 5.32 Å². The first kappa shape index (κ1) is 6.49. The van der Waals surface area contributed by atoms with Gasteiger partial charge >= 0.3 is 0 Å². The normalized spacial score (nSPS) is 43.8. The molecule has 2 nitrogen and oxygen atoms in total. The number of hydrogen-bond donors (Lipinski definition) is 1. The van der Waals surface area contributed by atoms with Crippen LogP contribution < -0.4 is 5.32 Å². The zero-order valence-corrected chi connectivity index (χ0v) is 5.44. The van der Waals surface area contributed by atoms with Crippen molar-refractivity contribution in [1.29, 1.82) is 0 Å². The lowest BCUT2D eigenvalue weighted by molar-refractivity contribution is -0.0327. The minimum Gasteiger partial charge on any atom is -0.378 e. The molecular weight excluding hydrogens is 140 g/mol. The number of ether oxygens (including phenoxy) is 1. The van der Waals surface area contributed by atoms with Crippen LogP contribution in [-0.4, -0.2) is 31.2 Å². The van der Waals surface area contributed by atoms with Gasteiger partial charge in [-0.05, 0) is 0 Å². The molecule has 10 heavy (non-hydrogen) atoms. The maximum Gasteiger partial charge on any atom is 0.266 e. The summed E-state index contributed by atoms with van der Waals surface area (Å²) in [5.74, 6) is -2.54. The second-order valence-electron chi connectivity index (χ2n) is 2.92. The first-order chi connectivity index (χ1) is 4.68. The number of nitrogens with one attached hydrogen (secondary N) is 1. The Morgan fingerprint density at radius 2 is 2.20 bits per heavy atom. The van der Waals surface area contributed by atoms with Crippen LogP contribution in [-0.2, 0) is 4.74 Å². The molecule has 0 aromatic rings. The molecule has 0 spiro atoms. The van der Waals surface area contributed by atoms with Crippen LogP contribution in [0, 0.1) is 0 Å². The SMILES string of the molecule is FC1(F)CC2COCC1N2. The Morgan fingerprint density at radius 1 is 1.40 bits per heavy atom. The molecule has 0 aliphatic carbocycles. The van der Waals surface area contributed by atoms with Gasteiger partial charge in [0.15, 0.2) is 0 Å².